The summed E-state index contributed by atoms with van der Waals surface area (Å²) in [6.07, 6.45) is 4.22. The van der Waals surface area contributed by atoms with Gasteiger partial charge in [-0.15, -0.1) is 0 Å². The first-order valence-corrected chi connectivity index (χ1v) is 17.0. The van der Waals surface area contributed by atoms with E-state index < -0.39 is 16.3 Å². The van der Waals surface area contributed by atoms with E-state index in [1.807, 2.05) is 36.4 Å². The van der Waals surface area contributed by atoms with E-state index in [1.54, 1.807) is 42.5 Å². The van der Waals surface area contributed by atoms with E-state index >= 15 is 0 Å². The summed E-state index contributed by atoms with van der Waals surface area (Å²) in [4.78, 5) is 5.45. The third-order valence-electron chi connectivity index (χ3n) is 9.19. The van der Waals surface area contributed by atoms with Crippen LogP contribution in [0.1, 0.15) is 61.7 Å². The molecule has 0 saturated carbocycles. The molecule has 0 bridgehead atoms. The lowest BCUT2D eigenvalue weighted by atomic mass is 9.90. The molecule has 0 aliphatic carbocycles. The Kier molecular flexibility index (Phi) is 9.47. The molecule has 0 aromatic heterocycles. The maximum Gasteiger partial charge on any atom is 0.261 e. The quantitative estimate of drug-likeness (QED) is 0.323. The summed E-state index contributed by atoms with van der Waals surface area (Å²) in [6.45, 7) is 7.69. The number of benzene rings is 3. The van der Waals surface area contributed by atoms with Crippen LogP contribution >= 0.6 is 0 Å². The smallest absolute Gasteiger partial charge is 0.261 e. The van der Waals surface area contributed by atoms with E-state index in [4.69, 9.17) is 9.47 Å². The molecule has 3 aromatic carbocycles. The van der Waals surface area contributed by atoms with Gasteiger partial charge in [-0.25, -0.2) is 8.42 Å². The molecule has 3 fully saturated rings. The molecule has 230 valence electrons. The van der Waals surface area contributed by atoms with Gasteiger partial charge in [0.15, 0.2) is 6.29 Å². The van der Waals surface area contributed by atoms with Crippen LogP contribution < -0.4 is 4.72 Å². The average Bonchev–Trinajstić information content (AvgIpc) is 3.71. The first-order chi connectivity index (χ1) is 20.9. The molecule has 3 heterocycles. The zero-order valence-electron chi connectivity index (χ0n) is 24.8. The van der Waals surface area contributed by atoms with Crippen molar-refractivity contribution in [1.29, 1.82) is 0 Å². The molecule has 3 saturated heterocycles. The molecular weight excluding hydrogens is 562 g/mol. The van der Waals surface area contributed by atoms with Crippen molar-refractivity contribution in [3.05, 3.63) is 95.6 Å². The minimum atomic E-state index is -3.68. The Labute approximate surface area is 255 Å². The lowest BCUT2D eigenvalue weighted by molar-refractivity contribution is -0.276. The van der Waals surface area contributed by atoms with E-state index in [2.05, 4.69) is 21.4 Å². The second-order valence-corrected chi connectivity index (χ2v) is 13.8. The molecular formula is C34H43N3O5S. The van der Waals surface area contributed by atoms with Crippen LogP contribution in [0.2, 0.25) is 0 Å². The van der Waals surface area contributed by atoms with Crippen molar-refractivity contribution in [2.75, 3.05) is 37.4 Å². The standard InChI is InChI=1S/C34H43N3O5S/c1-25-32(23-37-21-7-8-30(37)22-36-19-5-6-20-36)41-34(42-33(25)27-13-11-26(24-38)12-14-27)28-15-17-29(18-16-28)35-43(39,40)31-9-3-2-4-10-31/h2-4,9-18,25,30,32-35,38H,5-8,19-24H2,1H3/t25-,30+,32+,33+,34+/m1/s1. The molecule has 43 heavy (non-hydrogen) atoms. The number of anilines is 1. The van der Waals surface area contributed by atoms with Crippen molar-refractivity contribution in [2.24, 2.45) is 5.92 Å². The Morgan fingerprint density at radius 2 is 1.53 bits per heavy atom. The van der Waals surface area contributed by atoms with E-state index in [1.165, 1.54) is 38.8 Å². The normalized spacial score (nSPS) is 27.0. The van der Waals surface area contributed by atoms with Crippen molar-refractivity contribution in [3.63, 3.8) is 0 Å². The highest BCUT2D eigenvalue weighted by molar-refractivity contribution is 7.92. The predicted molar refractivity (Wildman–Crippen MR) is 167 cm³/mol. The van der Waals surface area contributed by atoms with Crippen molar-refractivity contribution < 1.29 is 23.0 Å². The topological polar surface area (TPSA) is 91.3 Å². The van der Waals surface area contributed by atoms with Gasteiger partial charge in [0.2, 0.25) is 0 Å². The lowest BCUT2D eigenvalue weighted by Gasteiger charge is -2.43. The first-order valence-electron chi connectivity index (χ1n) is 15.5. The van der Waals surface area contributed by atoms with E-state index in [0.717, 1.165) is 36.3 Å². The molecule has 3 aliphatic heterocycles. The van der Waals surface area contributed by atoms with Gasteiger partial charge < -0.3 is 19.5 Å². The number of nitrogens with one attached hydrogen (secondary N) is 1. The van der Waals surface area contributed by atoms with Gasteiger partial charge in [0.1, 0.15) is 0 Å². The van der Waals surface area contributed by atoms with Crippen LogP contribution in [0.4, 0.5) is 5.69 Å². The maximum absolute atomic E-state index is 12.8. The number of aliphatic hydroxyl groups is 1. The summed E-state index contributed by atoms with van der Waals surface area (Å²) >= 11 is 0. The highest BCUT2D eigenvalue weighted by Crippen LogP contribution is 2.42. The SMILES string of the molecule is C[C@@H]1[C@H](CN2CCC[C@H]2CN2CCCC2)O[C@H](c2ccc(NS(=O)(=O)c3ccccc3)cc2)O[C@@H]1c1ccc(CO)cc1. The predicted octanol–water partition coefficient (Wildman–Crippen LogP) is 5.33. The second kappa shape index (κ2) is 13.5. The molecule has 3 aliphatic rings. The summed E-state index contributed by atoms with van der Waals surface area (Å²) in [5.41, 5.74) is 3.25. The number of sulfonamides is 1. The fourth-order valence-corrected chi connectivity index (χ4v) is 7.77. The number of likely N-dealkylation sites (tertiary alicyclic amines) is 2. The molecule has 5 atom stereocenters. The van der Waals surface area contributed by atoms with Gasteiger partial charge in [0, 0.05) is 36.3 Å². The Hall–Kier alpha value is -2.79. The van der Waals surface area contributed by atoms with Gasteiger partial charge in [-0.3, -0.25) is 9.62 Å². The van der Waals surface area contributed by atoms with Crippen LogP contribution in [0, 0.1) is 5.92 Å². The van der Waals surface area contributed by atoms with Gasteiger partial charge in [-0.05, 0) is 80.7 Å². The summed E-state index contributed by atoms with van der Waals surface area (Å²) in [6, 6.07) is 24.1. The van der Waals surface area contributed by atoms with Crippen molar-refractivity contribution in [3.8, 4) is 0 Å². The van der Waals surface area contributed by atoms with Crippen LogP contribution in [0.25, 0.3) is 0 Å². The van der Waals surface area contributed by atoms with Crippen molar-refractivity contribution >= 4 is 15.7 Å². The number of hydrogen-bond donors (Lipinski definition) is 2. The molecule has 8 nitrogen and oxygen atoms in total. The van der Waals surface area contributed by atoms with E-state index in [-0.39, 0.29) is 29.6 Å². The molecule has 0 spiro atoms. The first kappa shape index (κ1) is 30.2. The highest BCUT2D eigenvalue weighted by atomic mass is 32.2. The van der Waals surface area contributed by atoms with E-state index in [0.29, 0.717) is 11.7 Å². The Bertz CT molecular complexity index is 1430. The number of nitrogens with zero attached hydrogens (tertiary/aromatic N) is 2. The van der Waals surface area contributed by atoms with Crippen LogP contribution in [-0.2, 0) is 26.1 Å². The monoisotopic (exact) mass is 605 g/mol. The summed E-state index contributed by atoms with van der Waals surface area (Å²) in [5.74, 6) is 0.112. The number of rotatable bonds is 10. The minimum Gasteiger partial charge on any atom is -0.392 e. The molecule has 9 heteroatoms. The third kappa shape index (κ3) is 7.14. The number of aliphatic hydroxyl groups excluding tert-OH is 1. The fourth-order valence-electron chi connectivity index (χ4n) is 6.69. The Morgan fingerprint density at radius 3 is 2.23 bits per heavy atom. The van der Waals surface area contributed by atoms with Crippen molar-refractivity contribution in [2.45, 2.75) is 68.6 Å². The number of hydrogen-bond acceptors (Lipinski definition) is 7. The summed E-state index contributed by atoms with van der Waals surface area (Å²) in [7, 11) is -3.68. The maximum atomic E-state index is 12.8. The van der Waals surface area contributed by atoms with Crippen LogP contribution in [0.3, 0.4) is 0 Å². The zero-order chi connectivity index (χ0) is 29.8. The molecule has 0 amide bonds. The molecule has 0 unspecified atom stereocenters. The van der Waals surface area contributed by atoms with Gasteiger partial charge >= 0.3 is 0 Å². The average molecular weight is 606 g/mol. The molecule has 2 N–H and O–H groups in total. The lowest BCUT2D eigenvalue weighted by Crippen LogP contribution is -2.48. The Morgan fingerprint density at radius 1 is 0.837 bits per heavy atom. The summed E-state index contributed by atoms with van der Waals surface area (Å²) in [5, 5.41) is 9.56. The fraction of sp³-hybridized carbons (Fsp3) is 0.471. The molecule has 3 aromatic rings. The second-order valence-electron chi connectivity index (χ2n) is 12.2. The van der Waals surface area contributed by atoms with E-state index in [9.17, 15) is 13.5 Å². The third-order valence-corrected chi connectivity index (χ3v) is 10.6. The highest BCUT2D eigenvalue weighted by Gasteiger charge is 2.40. The van der Waals surface area contributed by atoms with Crippen LogP contribution in [0.5, 0.6) is 0 Å². The van der Waals surface area contributed by atoms with Crippen LogP contribution in [-0.4, -0.2) is 68.2 Å². The molecule has 6 rings (SSSR count). The number of ether oxygens (including phenoxy) is 2. The van der Waals surface area contributed by atoms with Crippen molar-refractivity contribution in [1.82, 2.24) is 9.80 Å². The van der Waals surface area contributed by atoms with Crippen LogP contribution in [0.15, 0.2) is 83.8 Å². The van der Waals surface area contributed by atoms with Gasteiger partial charge in [-0.2, -0.15) is 0 Å². The zero-order valence-corrected chi connectivity index (χ0v) is 25.7. The largest absolute Gasteiger partial charge is 0.392 e. The minimum absolute atomic E-state index is 0.00343. The van der Waals surface area contributed by atoms with Gasteiger partial charge in [-0.1, -0.05) is 61.5 Å². The molecule has 0 radical (unpaired) electrons. The van der Waals surface area contributed by atoms with Gasteiger partial charge in [0.05, 0.1) is 23.7 Å². The van der Waals surface area contributed by atoms with Gasteiger partial charge in [0.25, 0.3) is 10.0 Å². The summed E-state index contributed by atoms with van der Waals surface area (Å²) < 4.78 is 41.7. The Balaban J connectivity index is 1.21.